The molecule has 118 valence electrons. The molecule has 0 aliphatic carbocycles. The first-order valence-electron chi connectivity index (χ1n) is 6.78. The Morgan fingerprint density at radius 3 is 2.91 bits per heavy atom. The van der Waals surface area contributed by atoms with Crippen LogP contribution in [0, 0.1) is 5.82 Å². The molecule has 0 radical (unpaired) electrons. The molecule has 2 heterocycles. The van der Waals surface area contributed by atoms with E-state index in [1.54, 1.807) is 17.0 Å². The summed E-state index contributed by atoms with van der Waals surface area (Å²) in [6, 6.07) is 3.24. The van der Waals surface area contributed by atoms with Crippen LogP contribution in [0.15, 0.2) is 16.6 Å². The average Bonchev–Trinajstić information content (AvgIpc) is 2.51. The van der Waals surface area contributed by atoms with Gasteiger partial charge in [0.1, 0.15) is 23.6 Å². The summed E-state index contributed by atoms with van der Waals surface area (Å²) < 4.78 is 27.6. The first-order chi connectivity index (χ1) is 10.4. The molecule has 1 fully saturated rings. The molecule has 1 aliphatic heterocycles. The van der Waals surface area contributed by atoms with Gasteiger partial charge in [0.25, 0.3) is 0 Å². The Kier molecular flexibility index (Phi) is 4.22. The van der Waals surface area contributed by atoms with E-state index in [2.05, 4.69) is 25.9 Å². The molecule has 22 heavy (non-hydrogen) atoms. The number of benzene rings is 1. The third kappa shape index (κ3) is 2.77. The summed E-state index contributed by atoms with van der Waals surface area (Å²) in [6.07, 6.45) is 0.999. The van der Waals surface area contributed by atoms with E-state index in [0.717, 1.165) is 0 Å². The van der Waals surface area contributed by atoms with Gasteiger partial charge in [-0.2, -0.15) is 4.98 Å². The second-order valence-electron chi connectivity index (χ2n) is 5.46. The third-order valence-electron chi connectivity index (χ3n) is 3.82. The Bertz CT molecular complexity index is 733. The van der Waals surface area contributed by atoms with Gasteiger partial charge in [-0.05, 0) is 52.5 Å². The standard InChI is InChI=1S/C14H13BrClF2N3O/c15-9-3-2-8-11(10(9)18)19-13(16)20-12(8)21-5-1-4-14(22,6-17)7-21/h2-3,22H,1,4-7H2. The van der Waals surface area contributed by atoms with Crippen molar-refractivity contribution in [3.8, 4) is 0 Å². The number of piperidine rings is 1. The van der Waals surface area contributed by atoms with Gasteiger partial charge in [0, 0.05) is 11.9 Å². The molecule has 1 aromatic heterocycles. The highest BCUT2D eigenvalue weighted by molar-refractivity contribution is 9.10. The Balaban J connectivity index is 2.12. The molecule has 1 aromatic carbocycles. The molecule has 4 nitrogen and oxygen atoms in total. The minimum Gasteiger partial charge on any atom is -0.385 e. The Morgan fingerprint density at radius 2 is 2.18 bits per heavy atom. The Labute approximate surface area is 139 Å². The van der Waals surface area contributed by atoms with Crippen LogP contribution in [-0.2, 0) is 0 Å². The van der Waals surface area contributed by atoms with Crippen LogP contribution in [0.5, 0.6) is 0 Å². The molecule has 0 spiro atoms. The molecular weight excluding hydrogens is 380 g/mol. The number of halogens is 4. The Morgan fingerprint density at radius 1 is 1.41 bits per heavy atom. The predicted octanol–water partition coefficient (Wildman–Crippen LogP) is 3.49. The van der Waals surface area contributed by atoms with Crippen LogP contribution in [0.3, 0.4) is 0 Å². The highest BCUT2D eigenvalue weighted by Gasteiger charge is 2.34. The fourth-order valence-corrected chi connectivity index (χ4v) is 3.22. The van der Waals surface area contributed by atoms with Crippen molar-refractivity contribution >= 4 is 44.3 Å². The number of hydrogen-bond donors (Lipinski definition) is 1. The van der Waals surface area contributed by atoms with E-state index < -0.39 is 18.1 Å². The number of aromatic nitrogens is 2. The minimum absolute atomic E-state index is 0.0869. The molecule has 1 N–H and O–H groups in total. The zero-order chi connectivity index (χ0) is 15.9. The molecule has 8 heteroatoms. The average molecular weight is 393 g/mol. The fraction of sp³-hybridized carbons (Fsp3) is 0.429. The summed E-state index contributed by atoms with van der Waals surface area (Å²) in [6.45, 7) is -0.160. The number of rotatable bonds is 2. The van der Waals surface area contributed by atoms with E-state index in [-0.39, 0.29) is 21.8 Å². The highest BCUT2D eigenvalue weighted by atomic mass is 79.9. The molecule has 2 aromatic rings. The van der Waals surface area contributed by atoms with Gasteiger partial charge in [-0.15, -0.1) is 0 Å². The zero-order valence-corrected chi connectivity index (χ0v) is 13.8. The van der Waals surface area contributed by atoms with Crippen molar-refractivity contribution in [1.29, 1.82) is 0 Å². The van der Waals surface area contributed by atoms with Crippen molar-refractivity contribution in [1.82, 2.24) is 9.97 Å². The summed E-state index contributed by atoms with van der Waals surface area (Å²) in [7, 11) is 0. The van der Waals surface area contributed by atoms with E-state index in [4.69, 9.17) is 11.6 Å². The van der Waals surface area contributed by atoms with E-state index in [0.29, 0.717) is 30.6 Å². The topological polar surface area (TPSA) is 49.2 Å². The molecule has 1 unspecified atom stereocenters. The Hall–Kier alpha value is -1.05. The largest absolute Gasteiger partial charge is 0.385 e. The van der Waals surface area contributed by atoms with Gasteiger partial charge in [-0.25, -0.2) is 13.8 Å². The van der Waals surface area contributed by atoms with Crippen LogP contribution < -0.4 is 4.90 Å². The monoisotopic (exact) mass is 391 g/mol. The third-order valence-corrected chi connectivity index (χ3v) is 4.60. The lowest BCUT2D eigenvalue weighted by Crippen LogP contribution is -2.50. The molecular formula is C14H13BrClF2N3O. The lowest BCUT2D eigenvalue weighted by atomic mass is 9.94. The van der Waals surface area contributed by atoms with Crippen LogP contribution >= 0.6 is 27.5 Å². The summed E-state index contributed by atoms with van der Waals surface area (Å²) in [5.41, 5.74) is -1.31. The molecule has 1 aliphatic rings. The van der Waals surface area contributed by atoms with Crippen LogP contribution in [0.25, 0.3) is 10.9 Å². The molecule has 0 saturated carbocycles. The smallest absolute Gasteiger partial charge is 0.225 e. The number of alkyl halides is 1. The lowest BCUT2D eigenvalue weighted by molar-refractivity contribution is 0.00306. The lowest BCUT2D eigenvalue weighted by Gasteiger charge is -2.38. The van der Waals surface area contributed by atoms with Gasteiger partial charge in [0.2, 0.25) is 5.28 Å². The molecule has 0 bridgehead atoms. The molecule has 3 rings (SSSR count). The van der Waals surface area contributed by atoms with Crippen LogP contribution in [0.2, 0.25) is 5.28 Å². The maximum absolute atomic E-state index is 14.2. The van der Waals surface area contributed by atoms with Crippen LogP contribution in [0.4, 0.5) is 14.6 Å². The van der Waals surface area contributed by atoms with E-state index in [1.807, 2.05) is 0 Å². The zero-order valence-electron chi connectivity index (χ0n) is 11.5. The molecule has 1 saturated heterocycles. The first kappa shape index (κ1) is 15.8. The van der Waals surface area contributed by atoms with Crippen LogP contribution in [0.1, 0.15) is 12.8 Å². The van der Waals surface area contributed by atoms with E-state index >= 15 is 0 Å². The first-order valence-corrected chi connectivity index (χ1v) is 7.95. The van der Waals surface area contributed by atoms with Crippen molar-refractivity contribution in [2.24, 2.45) is 0 Å². The SMILES string of the molecule is OC1(CF)CCCN(c2nc(Cl)nc3c(F)c(Br)ccc23)C1. The highest BCUT2D eigenvalue weighted by Crippen LogP contribution is 2.33. The maximum atomic E-state index is 14.2. The summed E-state index contributed by atoms with van der Waals surface area (Å²) >= 11 is 9.01. The second-order valence-corrected chi connectivity index (χ2v) is 6.65. The van der Waals surface area contributed by atoms with Gasteiger partial charge in [-0.3, -0.25) is 0 Å². The van der Waals surface area contributed by atoms with Gasteiger partial charge in [0.05, 0.1) is 11.0 Å². The van der Waals surface area contributed by atoms with E-state index in [9.17, 15) is 13.9 Å². The van der Waals surface area contributed by atoms with Gasteiger partial charge in [0.15, 0.2) is 5.82 Å². The number of hydrogen-bond acceptors (Lipinski definition) is 4. The van der Waals surface area contributed by atoms with Gasteiger partial charge in [-0.1, -0.05) is 0 Å². The number of β-amino-alcohol motifs (C(OH)–C–C–N with tert-alkyl or cyclic N) is 1. The normalized spacial score (nSPS) is 22.3. The summed E-state index contributed by atoms with van der Waals surface area (Å²) in [5.74, 6) is -0.117. The van der Waals surface area contributed by atoms with E-state index in [1.165, 1.54) is 0 Å². The van der Waals surface area contributed by atoms with Crippen molar-refractivity contribution in [3.05, 3.63) is 27.7 Å². The molecule has 1 atom stereocenters. The fourth-order valence-electron chi connectivity index (χ4n) is 2.74. The van der Waals surface area contributed by atoms with Crippen LogP contribution in [-0.4, -0.2) is 40.4 Å². The summed E-state index contributed by atoms with van der Waals surface area (Å²) in [5, 5.41) is 10.6. The number of aliphatic hydroxyl groups is 1. The van der Waals surface area contributed by atoms with Crippen molar-refractivity contribution in [3.63, 3.8) is 0 Å². The van der Waals surface area contributed by atoms with Crippen molar-refractivity contribution in [2.75, 3.05) is 24.7 Å². The maximum Gasteiger partial charge on any atom is 0.225 e. The second kappa shape index (κ2) is 5.86. The quantitative estimate of drug-likeness (QED) is 0.795. The minimum atomic E-state index is -1.41. The van der Waals surface area contributed by atoms with Gasteiger partial charge < -0.3 is 10.0 Å². The van der Waals surface area contributed by atoms with Crippen molar-refractivity contribution in [2.45, 2.75) is 18.4 Å². The van der Waals surface area contributed by atoms with Crippen molar-refractivity contribution < 1.29 is 13.9 Å². The number of fused-ring (bicyclic) bond motifs is 1. The number of anilines is 1. The van der Waals surface area contributed by atoms with Gasteiger partial charge >= 0.3 is 0 Å². The molecule has 0 amide bonds. The predicted molar refractivity (Wildman–Crippen MR) is 84.6 cm³/mol. The summed E-state index contributed by atoms with van der Waals surface area (Å²) in [4.78, 5) is 9.82. The number of nitrogens with zero attached hydrogens (tertiary/aromatic N) is 3.